The van der Waals surface area contributed by atoms with Crippen LogP contribution in [0.1, 0.15) is 43.0 Å². The van der Waals surface area contributed by atoms with Gasteiger partial charge in [0.25, 0.3) is 11.6 Å². The second-order valence-electron chi connectivity index (χ2n) is 6.61. The maximum absolute atomic E-state index is 12.6. The number of carbonyl (C=O) groups is 1. The number of amides is 1. The Balaban J connectivity index is 2.00. The minimum absolute atomic E-state index is 0.00555. The third-order valence-electron chi connectivity index (χ3n) is 4.89. The maximum Gasteiger partial charge on any atom is 0.349 e. The molecule has 1 aromatic heterocycles. The van der Waals surface area contributed by atoms with Crippen LogP contribution in [0.3, 0.4) is 0 Å². The minimum atomic E-state index is -0.800. The average molecular weight is 360 g/mol. The monoisotopic (exact) mass is 360 g/mol. The molecule has 0 radical (unpaired) electrons. The Bertz CT molecular complexity index is 920. The first-order valence-electron chi connectivity index (χ1n) is 8.52. The molecule has 1 saturated carbocycles. The SMILES string of the molecule is COc1cc([N+](=O)[O-])cc2cc(C(=O)NC3CCCCC3C)c(=O)oc12. The largest absolute Gasteiger partial charge is 0.493 e. The Hall–Kier alpha value is -2.90. The van der Waals surface area contributed by atoms with Crippen LogP contribution in [-0.4, -0.2) is 24.0 Å². The number of hydrogen-bond acceptors (Lipinski definition) is 6. The summed E-state index contributed by atoms with van der Waals surface area (Å²) in [4.78, 5) is 35.3. The smallest absolute Gasteiger partial charge is 0.349 e. The molecule has 0 bridgehead atoms. The van der Waals surface area contributed by atoms with Crippen molar-refractivity contribution in [3.05, 3.63) is 44.3 Å². The highest BCUT2D eigenvalue weighted by atomic mass is 16.6. The summed E-state index contributed by atoms with van der Waals surface area (Å²) in [6, 6.07) is 3.75. The second-order valence-corrected chi connectivity index (χ2v) is 6.61. The van der Waals surface area contributed by atoms with E-state index in [2.05, 4.69) is 12.2 Å². The Morgan fingerprint density at radius 1 is 1.31 bits per heavy atom. The van der Waals surface area contributed by atoms with E-state index < -0.39 is 16.5 Å². The average Bonchev–Trinajstić information content (AvgIpc) is 2.62. The Morgan fingerprint density at radius 2 is 2.04 bits per heavy atom. The number of benzene rings is 1. The van der Waals surface area contributed by atoms with E-state index in [0.29, 0.717) is 5.92 Å². The van der Waals surface area contributed by atoms with Gasteiger partial charge in [0.1, 0.15) is 5.56 Å². The van der Waals surface area contributed by atoms with Crippen LogP contribution < -0.4 is 15.7 Å². The predicted octanol–water partition coefficient (Wildman–Crippen LogP) is 3.02. The molecule has 1 amide bonds. The summed E-state index contributed by atoms with van der Waals surface area (Å²) >= 11 is 0. The number of methoxy groups -OCH3 is 1. The molecule has 1 heterocycles. The topological polar surface area (TPSA) is 112 Å². The first-order chi connectivity index (χ1) is 12.4. The number of rotatable bonds is 4. The van der Waals surface area contributed by atoms with Gasteiger partial charge in [-0.1, -0.05) is 19.8 Å². The van der Waals surface area contributed by atoms with E-state index in [1.807, 2.05) is 0 Å². The third-order valence-corrected chi connectivity index (χ3v) is 4.89. The van der Waals surface area contributed by atoms with Gasteiger partial charge in [-0.2, -0.15) is 0 Å². The lowest BCUT2D eigenvalue weighted by Gasteiger charge is -2.29. The van der Waals surface area contributed by atoms with Gasteiger partial charge in [0.2, 0.25) is 0 Å². The van der Waals surface area contributed by atoms with Gasteiger partial charge < -0.3 is 14.5 Å². The van der Waals surface area contributed by atoms with Crippen LogP contribution in [0.5, 0.6) is 5.75 Å². The quantitative estimate of drug-likeness (QED) is 0.509. The van der Waals surface area contributed by atoms with Crippen LogP contribution in [0.2, 0.25) is 0 Å². The van der Waals surface area contributed by atoms with E-state index >= 15 is 0 Å². The molecular weight excluding hydrogens is 340 g/mol. The zero-order chi connectivity index (χ0) is 18.8. The van der Waals surface area contributed by atoms with E-state index in [-0.39, 0.29) is 34.0 Å². The molecule has 0 spiro atoms. The number of nitrogens with zero attached hydrogens (tertiary/aromatic N) is 1. The van der Waals surface area contributed by atoms with Crippen molar-refractivity contribution >= 4 is 22.6 Å². The van der Waals surface area contributed by atoms with Crippen molar-refractivity contribution in [2.45, 2.75) is 38.6 Å². The summed E-state index contributed by atoms with van der Waals surface area (Å²) in [6.45, 7) is 2.07. The number of nitro benzene ring substituents is 1. The summed E-state index contributed by atoms with van der Waals surface area (Å²) in [7, 11) is 1.32. The predicted molar refractivity (Wildman–Crippen MR) is 94.6 cm³/mol. The van der Waals surface area contributed by atoms with Crippen LogP contribution in [0.15, 0.2) is 27.4 Å². The van der Waals surface area contributed by atoms with Gasteiger partial charge in [-0.3, -0.25) is 14.9 Å². The zero-order valence-corrected chi connectivity index (χ0v) is 14.6. The lowest BCUT2D eigenvalue weighted by molar-refractivity contribution is -0.384. The van der Waals surface area contributed by atoms with Gasteiger partial charge in [0.05, 0.1) is 18.1 Å². The van der Waals surface area contributed by atoms with Crippen LogP contribution in [-0.2, 0) is 0 Å². The van der Waals surface area contributed by atoms with E-state index in [9.17, 15) is 19.7 Å². The highest BCUT2D eigenvalue weighted by Gasteiger charge is 2.25. The molecule has 2 unspecified atom stereocenters. The second kappa shape index (κ2) is 7.15. The molecule has 8 nitrogen and oxygen atoms in total. The van der Waals surface area contributed by atoms with Gasteiger partial charge in [0.15, 0.2) is 11.3 Å². The van der Waals surface area contributed by atoms with Crippen LogP contribution >= 0.6 is 0 Å². The number of non-ortho nitro benzene ring substituents is 1. The molecule has 26 heavy (non-hydrogen) atoms. The molecule has 0 saturated heterocycles. The van der Waals surface area contributed by atoms with E-state index in [1.54, 1.807) is 0 Å². The van der Waals surface area contributed by atoms with Crippen molar-refractivity contribution in [3.8, 4) is 5.75 Å². The number of carbonyl (C=O) groups excluding carboxylic acids is 1. The molecular formula is C18H20N2O6. The van der Waals surface area contributed by atoms with Crippen molar-refractivity contribution in [2.24, 2.45) is 5.92 Å². The maximum atomic E-state index is 12.6. The molecule has 1 aliphatic rings. The van der Waals surface area contributed by atoms with Crippen LogP contribution in [0.25, 0.3) is 11.0 Å². The van der Waals surface area contributed by atoms with Gasteiger partial charge >= 0.3 is 5.63 Å². The van der Waals surface area contributed by atoms with Crippen molar-refractivity contribution in [3.63, 3.8) is 0 Å². The highest BCUT2D eigenvalue weighted by Crippen LogP contribution is 2.30. The summed E-state index contributed by atoms with van der Waals surface area (Å²) in [5.41, 5.74) is -1.11. The van der Waals surface area contributed by atoms with E-state index in [1.165, 1.54) is 25.3 Å². The molecule has 1 N–H and O–H groups in total. The van der Waals surface area contributed by atoms with Gasteiger partial charge in [-0.25, -0.2) is 4.79 Å². The molecule has 0 aliphatic heterocycles. The summed E-state index contributed by atoms with van der Waals surface area (Å²) < 4.78 is 10.3. The lowest BCUT2D eigenvalue weighted by Crippen LogP contribution is -2.42. The fourth-order valence-corrected chi connectivity index (χ4v) is 3.38. The molecule has 1 aromatic carbocycles. The lowest BCUT2D eigenvalue weighted by atomic mass is 9.86. The first kappa shape index (κ1) is 17.9. The molecule has 1 fully saturated rings. The third kappa shape index (κ3) is 3.40. The number of ether oxygens (including phenoxy) is 1. The molecule has 3 rings (SSSR count). The molecule has 8 heteroatoms. The number of nitrogens with one attached hydrogen (secondary N) is 1. The van der Waals surface area contributed by atoms with Gasteiger partial charge in [-0.05, 0) is 24.8 Å². The molecule has 2 atom stereocenters. The van der Waals surface area contributed by atoms with Crippen molar-refractivity contribution in [2.75, 3.05) is 7.11 Å². The first-order valence-corrected chi connectivity index (χ1v) is 8.52. The Labute approximate surface area is 149 Å². The normalized spacial score (nSPS) is 19.9. The molecule has 138 valence electrons. The summed E-state index contributed by atoms with van der Waals surface area (Å²) in [5.74, 6) is -0.120. The fraction of sp³-hybridized carbons (Fsp3) is 0.444. The Morgan fingerprint density at radius 3 is 2.69 bits per heavy atom. The van der Waals surface area contributed by atoms with Crippen LogP contribution in [0.4, 0.5) is 5.69 Å². The number of fused-ring (bicyclic) bond motifs is 1. The summed E-state index contributed by atoms with van der Waals surface area (Å²) in [5, 5.41) is 14.2. The van der Waals surface area contributed by atoms with Crippen LogP contribution in [0, 0.1) is 16.0 Å². The fourth-order valence-electron chi connectivity index (χ4n) is 3.38. The minimum Gasteiger partial charge on any atom is -0.493 e. The van der Waals surface area contributed by atoms with E-state index in [0.717, 1.165) is 25.7 Å². The zero-order valence-electron chi connectivity index (χ0n) is 14.6. The standard InChI is InChI=1S/C18H20N2O6/c1-10-5-3-4-6-14(10)19-17(21)13-8-11-7-12(20(23)24)9-15(25-2)16(11)26-18(13)22/h7-10,14H,3-6H2,1-2H3,(H,19,21). The molecule has 2 aromatic rings. The highest BCUT2D eigenvalue weighted by molar-refractivity contribution is 5.98. The van der Waals surface area contributed by atoms with Crippen molar-refractivity contribution in [1.82, 2.24) is 5.32 Å². The number of nitro groups is 1. The van der Waals surface area contributed by atoms with Crippen molar-refractivity contribution < 1.29 is 18.9 Å². The van der Waals surface area contributed by atoms with Gasteiger partial charge in [0, 0.05) is 17.5 Å². The van der Waals surface area contributed by atoms with Crippen molar-refractivity contribution in [1.29, 1.82) is 0 Å². The number of hydrogen-bond donors (Lipinski definition) is 1. The van der Waals surface area contributed by atoms with Gasteiger partial charge in [-0.15, -0.1) is 0 Å². The molecule has 1 aliphatic carbocycles. The van der Waals surface area contributed by atoms with E-state index in [4.69, 9.17) is 9.15 Å². The summed E-state index contributed by atoms with van der Waals surface area (Å²) in [6.07, 6.45) is 4.06. The Kier molecular flexibility index (Phi) is 4.92.